The minimum absolute atomic E-state index is 0.531. The fourth-order valence-electron chi connectivity index (χ4n) is 2.44. The van der Waals surface area contributed by atoms with Gasteiger partial charge in [-0.15, -0.1) is 0 Å². The van der Waals surface area contributed by atoms with Crippen LogP contribution >= 0.6 is 0 Å². The van der Waals surface area contributed by atoms with Gasteiger partial charge in [-0.2, -0.15) is 0 Å². The molecule has 0 aliphatic carbocycles. The van der Waals surface area contributed by atoms with Crippen molar-refractivity contribution in [1.29, 1.82) is 0 Å². The first-order valence-electron chi connectivity index (χ1n) is 9.66. The van der Waals surface area contributed by atoms with E-state index in [9.17, 15) is 0 Å². The van der Waals surface area contributed by atoms with Crippen LogP contribution < -0.4 is 0 Å². The number of rotatable bonds is 5. The van der Waals surface area contributed by atoms with Crippen molar-refractivity contribution in [3.8, 4) is 0 Å². The average molecular weight is 341 g/mol. The summed E-state index contributed by atoms with van der Waals surface area (Å²) >= 11 is 0. The molecule has 2 rings (SSSR count). The van der Waals surface area contributed by atoms with E-state index in [1.54, 1.807) is 0 Å². The Kier molecular flexibility index (Phi) is 8.82. The smallest absolute Gasteiger partial charge is 0.0431 e. The van der Waals surface area contributed by atoms with Crippen molar-refractivity contribution in [3.63, 3.8) is 0 Å². The maximum Gasteiger partial charge on any atom is 0.0431 e. The number of hydrogen-bond acceptors (Lipinski definition) is 2. The van der Waals surface area contributed by atoms with Crippen LogP contribution in [0.25, 0.3) is 0 Å². The molecule has 1 atom stereocenters. The second-order valence-corrected chi connectivity index (χ2v) is 7.84. The Morgan fingerprint density at radius 3 is 1.88 bits per heavy atom. The van der Waals surface area contributed by atoms with Crippen LogP contribution in [0.15, 0.2) is 36.8 Å². The molecule has 2 nitrogen and oxygen atoms in total. The summed E-state index contributed by atoms with van der Waals surface area (Å²) in [5.41, 5.74) is 5.29. The Hall–Kier alpha value is -1.70. The first-order chi connectivity index (χ1) is 11.8. The highest BCUT2D eigenvalue weighted by Crippen LogP contribution is 2.21. The van der Waals surface area contributed by atoms with Crippen molar-refractivity contribution in [3.05, 3.63) is 59.2 Å². The molecule has 2 heteroatoms. The molecule has 0 spiro atoms. The largest absolute Gasteiger partial charge is 0.264 e. The molecular weight excluding hydrogens is 304 g/mol. The molecule has 138 valence electrons. The third-order valence-electron chi connectivity index (χ3n) is 4.69. The third kappa shape index (κ3) is 6.97. The molecule has 0 aliphatic rings. The van der Waals surface area contributed by atoms with E-state index in [0.717, 1.165) is 0 Å². The summed E-state index contributed by atoms with van der Waals surface area (Å²) in [5, 5.41) is 0. The zero-order valence-electron chi connectivity index (χ0n) is 17.4. The Morgan fingerprint density at radius 2 is 1.36 bits per heavy atom. The molecule has 2 aromatic rings. The van der Waals surface area contributed by atoms with Gasteiger partial charge in [0, 0.05) is 24.3 Å². The van der Waals surface area contributed by atoms with Crippen molar-refractivity contribution in [2.75, 3.05) is 0 Å². The zero-order chi connectivity index (χ0) is 19.0. The van der Waals surface area contributed by atoms with E-state index in [0.29, 0.717) is 23.7 Å². The topological polar surface area (TPSA) is 25.8 Å². The SMILES string of the molecule is CC(C)c1ccnc(C(C)C)c1.CCC(C)c1cncc(C(C)C)c1. The van der Waals surface area contributed by atoms with Crippen LogP contribution in [0.1, 0.15) is 108 Å². The van der Waals surface area contributed by atoms with Gasteiger partial charge >= 0.3 is 0 Å². The van der Waals surface area contributed by atoms with Gasteiger partial charge in [0.25, 0.3) is 0 Å². The molecule has 1 unspecified atom stereocenters. The summed E-state index contributed by atoms with van der Waals surface area (Å²) in [4.78, 5) is 8.60. The highest BCUT2D eigenvalue weighted by molar-refractivity contribution is 5.23. The normalized spacial score (nSPS) is 12.3. The van der Waals surface area contributed by atoms with Crippen LogP contribution in [0, 0.1) is 0 Å². The molecule has 0 radical (unpaired) electrons. The zero-order valence-corrected chi connectivity index (χ0v) is 17.4. The fourth-order valence-corrected chi connectivity index (χ4v) is 2.44. The van der Waals surface area contributed by atoms with E-state index >= 15 is 0 Å². The van der Waals surface area contributed by atoms with Gasteiger partial charge in [0.1, 0.15) is 0 Å². The quantitative estimate of drug-likeness (QED) is 0.583. The summed E-state index contributed by atoms with van der Waals surface area (Å²) in [7, 11) is 0. The summed E-state index contributed by atoms with van der Waals surface area (Å²) in [6.45, 7) is 17.6. The molecule has 0 fully saturated rings. The van der Waals surface area contributed by atoms with E-state index in [1.807, 2.05) is 18.6 Å². The van der Waals surface area contributed by atoms with Gasteiger partial charge in [0.15, 0.2) is 0 Å². The van der Waals surface area contributed by atoms with Gasteiger partial charge in [-0.25, -0.2) is 0 Å². The van der Waals surface area contributed by atoms with Gasteiger partial charge in [0.2, 0.25) is 0 Å². The fraction of sp³-hybridized carbons (Fsp3) is 0.565. The molecule has 0 aliphatic heterocycles. The Morgan fingerprint density at radius 1 is 0.760 bits per heavy atom. The average Bonchev–Trinajstić information content (AvgIpc) is 2.61. The lowest BCUT2D eigenvalue weighted by Crippen LogP contribution is -1.96. The first kappa shape index (κ1) is 21.3. The Labute approximate surface area is 155 Å². The van der Waals surface area contributed by atoms with Gasteiger partial charge < -0.3 is 0 Å². The molecule has 25 heavy (non-hydrogen) atoms. The summed E-state index contributed by atoms with van der Waals surface area (Å²) < 4.78 is 0. The minimum Gasteiger partial charge on any atom is -0.264 e. The summed E-state index contributed by atoms with van der Waals surface area (Å²) in [6, 6.07) is 6.58. The van der Waals surface area contributed by atoms with Crippen molar-refractivity contribution >= 4 is 0 Å². The van der Waals surface area contributed by atoms with Crippen molar-refractivity contribution < 1.29 is 0 Å². The Balaban J connectivity index is 0.000000251. The lowest BCUT2D eigenvalue weighted by molar-refractivity contribution is 0.723. The summed E-state index contributed by atoms with van der Waals surface area (Å²) in [5.74, 6) is 2.34. The van der Waals surface area contributed by atoms with Crippen LogP contribution in [0.4, 0.5) is 0 Å². The lowest BCUT2D eigenvalue weighted by Gasteiger charge is -2.11. The van der Waals surface area contributed by atoms with Gasteiger partial charge in [-0.05, 0) is 58.9 Å². The maximum atomic E-state index is 4.32. The molecule has 2 heterocycles. The molecule has 0 saturated carbocycles. The van der Waals surface area contributed by atoms with Crippen molar-refractivity contribution in [2.24, 2.45) is 0 Å². The van der Waals surface area contributed by atoms with Crippen LogP contribution in [-0.2, 0) is 0 Å². The lowest BCUT2D eigenvalue weighted by atomic mass is 9.96. The predicted octanol–water partition coefficient (Wildman–Crippen LogP) is 7.05. The highest BCUT2D eigenvalue weighted by atomic mass is 14.7. The second kappa shape index (κ2) is 10.3. The molecule has 2 aromatic heterocycles. The van der Waals surface area contributed by atoms with E-state index in [4.69, 9.17) is 0 Å². The van der Waals surface area contributed by atoms with Crippen molar-refractivity contribution in [1.82, 2.24) is 9.97 Å². The second-order valence-electron chi connectivity index (χ2n) is 7.84. The van der Waals surface area contributed by atoms with Crippen LogP contribution in [0.5, 0.6) is 0 Å². The van der Waals surface area contributed by atoms with Crippen LogP contribution in [-0.4, -0.2) is 9.97 Å². The molecule has 0 saturated heterocycles. The van der Waals surface area contributed by atoms with E-state index in [-0.39, 0.29) is 0 Å². The number of hydrogen-bond donors (Lipinski definition) is 0. The third-order valence-corrected chi connectivity index (χ3v) is 4.69. The van der Waals surface area contributed by atoms with Gasteiger partial charge in [0.05, 0.1) is 0 Å². The maximum absolute atomic E-state index is 4.32. The summed E-state index contributed by atoms with van der Waals surface area (Å²) in [6.07, 6.45) is 7.05. The van der Waals surface area contributed by atoms with E-state index in [2.05, 4.69) is 83.6 Å². The van der Waals surface area contributed by atoms with E-state index in [1.165, 1.54) is 28.8 Å². The highest BCUT2D eigenvalue weighted by Gasteiger charge is 2.06. The molecular formula is C23H36N2. The van der Waals surface area contributed by atoms with Gasteiger partial charge in [-0.1, -0.05) is 61.5 Å². The van der Waals surface area contributed by atoms with E-state index < -0.39 is 0 Å². The molecule has 0 bridgehead atoms. The Bertz CT molecular complexity index is 606. The van der Waals surface area contributed by atoms with Crippen molar-refractivity contribution in [2.45, 2.75) is 85.5 Å². The molecule has 0 N–H and O–H groups in total. The first-order valence-corrected chi connectivity index (χ1v) is 9.66. The molecule has 0 aromatic carbocycles. The molecule has 0 amide bonds. The monoisotopic (exact) mass is 340 g/mol. The number of aromatic nitrogens is 2. The van der Waals surface area contributed by atoms with Crippen LogP contribution in [0.3, 0.4) is 0 Å². The standard InChI is InChI=1S/C12H19N.C11H17N/c1-5-10(4)12-6-11(9(2)3)7-13-8-12;1-8(2)10-5-6-12-11(7-10)9(3)4/h6-10H,5H2,1-4H3;5-9H,1-4H3. The predicted molar refractivity (Wildman–Crippen MR) is 109 cm³/mol. The number of pyridine rings is 2. The van der Waals surface area contributed by atoms with Gasteiger partial charge in [-0.3, -0.25) is 9.97 Å². The minimum atomic E-state index is 0.531. The van der Waals surface area contributed by atoms with Crippen LogP contribution in [0.2, 0.25) is 0 Å². The number of nitrogens with zero attached hydrogens (tertiary/aromatic N) is 2.